The van der Waals surface area contributed by atoms with Gasteiger partial charge in [0.2, 0.25) is 0 Å². The first kappa shape index (κ1) is 34.1. The summed E-state index contributed by atoms with van der Waals surface area (Å²) < 4.78 is 9.30. The largest absolute Gasteiger partial charge is 0.455 e. The van der Waals surface area contributed by atoms with Gasteiger partial charge in [0.1, 0.15) is 11.2 Å². The van der Waals surface area contributed by atoms with Crippen molar-refractivity contribution < 1.29 is 4.42 Å². The van der Waals surface area contributed by atoms with Crippen LogP contribution in [-0.4, -0.2) is 17.9 Å². The molecule has 0 spiro atoms. The van der Waals surface area contributed by atoms with Crippen LogP contribution in [0.15, 0.2) is 202 Å². The molecule has 0 aliphatic rings. The lowest BCUT2D eigenvalue weighted by molar-refractivity contribution is 0.669. The smallest absolute Gasteiger partial charge is 0.165 e. The Balaban J connectivity index is 1.07. The number of thiophene rings is 1. The summed E-state index contributed by atoms with van der Waals surface area (Å²) >= 11 is 1.80. The van der Waals surface area contributed by atoms with E-state index in [4.69, 9.17) is 19.8 Å². The van der Waals surface area contributed by atoms with Crippen molar-refractivity contribution in [3.63, 3.8) is 0 Å². The molecule has 0 bridgehead atoms. The lowest BCUT2D eigenvalue weighted by Gasteiger charge is -2.13. The van der Waals surface area contributed by atoms with Crippen LogP contribution < -0.4 is 5.32 Å². The number of hydrogen-bond acceptors (Lipinski definition) is 4. The molecule has 0 atom stereocenters. The second kappa shape index (κ2) is 14.7. The molecule has 270 valence electrons. The molecular weight excluding hydrogens is 717 g/mol. The molecule has 0 saturated heterocycles. The number of benzene rings is 8. The number of nitrogens with zero attached hydrogens (tertiary/aromatic N) is 2. The maximum absolute atomic E-state index is 8.88. The molecule has 5 nitrogen and oxygen atoms in total. The van der Waals surface area contributed by atoms with Crippen molar-refractivity contribution in [2.75, 3.05) is 5.32 Å². The Labute approximate surface area is 333 Å². The van der Waals surface area contributed by atoms with Crippen molar-refractivity contribution in [2.24, 2.45) is 9.98 Å². The van der Waals surface area contributed by atoms with Gasteiger partial charge in [-0.3, -0.25) is 5.41 Å². The topological polar surface area (TPSA) is 73.7 Å². The summed E-state index contributed by atoms with van der Waals surface area (Å²) in [7, 11) is 0. The molecule has 2 N–H and O–H groups in total. The summed E-state index contributed by atoms with van der Waals surface area (Å²) in [5.74, 6) is 0.528. The van der Waals surface area contributed by atoms with Crippen molar-refractivity contribution in [1.82, 2.24) is 0 Å². The summed E-state index contributed by atoms with van der Waals surface area (Å²) in [6.45, 7) is 0. The standard InChI is InChI=1S/C51H34N4OS/c52-50(35-19-8-3-9-20-35)55-51(53-32-33-15-4-1-5-16-33)42-26-13-24-40-39-23-12-22-38(47(39)56-48(40)42)36-29-30-46-43(31-36)41-25-14-28-45(49(41)57-46)54-44-27-11-10-21-37(44)34-17-6-2-7-18-34/h1-32,52,54H/b52-50?,53-32+,55-51-. The van der Waals surface area contributed by atoms with E-state index in [1.165, 1.54) is 25.7 Å². The Bertz CT molecular complexity index is 3160. The summed E-state index contributed by atoms with van der Waals surface area (Å²) in [6, 6.07) is 64.0. The number of amidine groups is 2. The van der Waals surface area contributed by atoms with E-state index in [1.807, 2.05) is 78.9 Å². The molecule has 0 aliphatic carbocycles. The maximum Gasteiger partial charge on any atom is 0.165 e. The fourth-order valence-electron chi connectivity index (χ4n) is 7.49. The highest BCUT2D eigenvalue weighted by Crippen LogP contribution is 2.43. The molecule has 57 heavy (non-hydrogen) atoms. The number of anilines is 2. The first-order chi connectivity index (χ1) is 28.2. The SMILES string of the molecule is N=C(/N=C(\N=C\c1ccccc1)c1cccc2c1oc1c(-c3ccc4sc5c(Nc6ccccc6-c6ccccc6)cccc5c4c3)cccc12)c1ccccc1. The normalized spacial score (nSPS) is 12.0. The van der Waals surface area contributed by atoms with E-state index in [0.717, 1.165) is 55.5 Å². The molecule has 0 unspecified atom stereocenters. The van der Waals surface area contributed by atoms with E-state index < -0.39 is 0 Å². The minimum absolute atomic E-state index is 0.125. The predicted molar refractivity (Wildman–Crippen MR) is 241 cm³/mol. The van der Waals surface area contributed by atoms with Gasteiger partial charge in [0.25, 0.3) is 0 Å². The van der Waals surface area contributed by atoms with E-state index in [9.17, 15) is 0 Å². The van der Waals surface area contributed by atoms with Gasteiger partial charge in [-0.25, -0.2) is 9.98 Å². The molecule has 0 radical (unpaired) electrons. The van der Waals surface area contributed by atoms with E-state index >= 15 is 0 Å². The fourth-order valence-corrected chi connectivity index (χ4v) is 8.65. The van der Waals surface area contributed by atoms with Gasteiger partial charge in [0.05, 0.1) is 16.0 Å². The van der Waals surface area contributed by atoms with Gasteiger partial charge < -0.3 is 9.73 Å². The lowest BCUT2D eigenvalue weighted by Crippen LogP contribution is -2.05. The monoisotopic (exact) mass is 750 g/mol. The van der Waals surface area contributed by atoms with Gasteiger partial charge in [0.15, 0.2) is 11.7 Å². The summed E-state index contributed by atoms with van der Waals surface area (Å²) in [5.41, 5.74) is 10.4. The highest BCUT2D eigenvalue weighted by Gasteiger charge is 2.19. The van der Waals surface area contributed by atoms with Crippen LogP contribution in [0, 0.1) is 5.41 Å². The van der Waals surface area contributed by atoms with Gasteiger partial charge >= 0.3 is 0 Å². The molecule has 6 heteroatoms. The van der Waals surface area contributed by atoms with E-state index in [1.54, 1.807) is 17.6 Å². The molecule has 2 aromatic heterocycles. The first-order valence-electron chi connectivity index (χ1n) is 18.8. The third-order valence-electron chi connectivity index (χ3n) is 10.3. The van der Waals surface area contributed by atoms with Gasteiger partial charge in [0, 0.05) is 54.8 Å². The molecular formula is C51H34N4OS. The summed E-state index contributed by atoms with van der Waals surface area (Å²) in [4.78, 5) is 9.64. The summed E-state index contributed by atoms with van der Waals surface area (Å²) in [6.07, 6.45) is 1.79. The third kappa shape index (κ3) is 6.48. The average Bonchev–Trinajstić information content (AvgIpc) is 3.85. The van der Waals surface area contributed by atoms with Crippen LogP contribution in [0.3, 0.4) is 0 Å². The van der Waals surface area contributed by atoms with Gasteiger partial charge in [-0.1, -0.05) is 158 Å². The highest BCUT2D eigenvalue weighted by atomic mass is 32.1. The predicted octanol–water partition coefficient (Wildman–Crippen LogP) is 13.9. The quantitative estimate of drug-likeness (QED) is 0.126. The summed E-state index contributed by atoms with van der Waals surface area (Å²) in [5, 5.41) is 17.0. The van der Waals surface area contributed by atoms with E-state index in [-0.39, 0.29) is 5.84 Å². The molecule has 0 fully saturated rings. The van der Waals surface area contributed by atoms with Crippen LogP contribution in [0.4, 0.5) is 11.4 Å². The van der Waals surface area contributed by atoms with Crippen molar-refractivity contribution in [3.05, 3.63) is 205 Å². The van der Waals surface area contributed by atoms with Crippen LogP contribution in [0.25, 0.3) is 64.4 Å². The number of hydrogen-bond donors (Lipinski definition) is 2. The molecule has 0 amide bonds. The first-order valence-corrected chi connectivity index (χ1v) is 19.6. The van der Waals surface area contributed by atoms with E-state index in [2.05, 4.69) is 115 Å². The second-order valence-corrected chi connectivity index (χ2v) is 14.9. The number of rotatable bonds is 7. The van der Waals surface area contributed by atoms with Gasteiger partial charge in [-0.15, -0.1) is 11.3 Å². The molecule has 8 aromatic carbocycles. The van der Waals surface area contributed by atoms with Crippen molar-refractivity contribution in [3.8, 4) is 22.3 Å². The Hall–Kier alpha value is -7.41. The minimum atomic E-state index is 0.125. The Morgan fingerprint density at radius 1 is 0.544 bits per heavy atom. The van der Waals surface area contributed by atoms with Crippen LogP contribution in [0.1, 0.15) is 16.7 Å². The second-order valence-electron chi connectivity index (χ2n) is 13.8. The Morgan fingerprint density at radius 2 is 1.19 bits per heavy atom. The van der Waals surface area contributed by atoms with Crippen molar-refractivity contribution in [1.29, 1.82) is 5.41 Å². The molecule has 2 heterocycles. The number of fused-ring (bicyclic) bond motifs is 6. The maximum atomic E-state index is 8.88. The number of nitrogens with one attached hydrogen (secondary N) is 2. The van der Waals surface area contributed by atoms with Gasteiger partial charge in [-0.05, 0) is 47.0 Å². The molecule has 0 saturated carbocycles. The zero-order valence-electron chi connectivity index (χ0n) is 30.7. The van der Waals surface area contributed by atoms with E-state index in [0.29, 0.717) is 17.0 Å². The fraction of sp³-hybridized carbons (Fsp3) is 0. The van der Waals surface area contributed by atoms with Crippen molar-refractivity contribution in [2.45, 2.75) is 0 Å². The third-order valence-corrected chi connectivity index (χ3v) is 11.5. The zero-order valence-corrected chi connectivity index (χ0v) is 31.5. The van der Waals surface area contributed by atoms with Crippen LogP contribution in [-0.2, 0) is 0 Å². The zero-order chi connectivity index (χ0) is 38.1. The van der Waals surface area contributed by atoms with Crippen molar-refractivity contribution >= 4 is 82.7 Å². The lowest BCUT2D eigenvalue weighted by atomic mass is 10.00. The molecule has 0 aliphatic heterocycles. The number of para-hydroxylation sites is 3. The Kier molecular flexibility index (Phi) is 8.78. The Morgan fingerprint density at radius 3 is 2.02 bits per heavy atom. The van der Waals surface area contributed by atoms with Crippen LogP contribution >= 0.6 is 11.3 Å². The molecule has 10 rings (SSSR count). The minimum Gasteiger partial charge on any atom is -0.455 e. The number of furan rings is 1. The highest BCUT2D eigenvalue weighted by molar-refractivity contribution is 7.26. The van der Waals surface area contributed by atoms with Crippen LogP contribution in [0.2, 0.25) is 0 Å². The van der Waals surface area contributed by atoms with Gasteiger partial charge in [-0.2, -0.15) is 0 Å². The van der Waals surface area contributed by atoms with Crippen LogP contribution in [0.5, 0.6) is 0 Å². The average molecular weight is 751 g/mol. The number of aliphatic imine (C=N–C) groups is 2. The molecule has 10 aromatic rings.